The minimum atomic E-state index is -0.719. The number of benzene rings is 2. The first-order chi connectivity index (χ1) is 14.7. The van der Waals surface area contributed by atoms with E-state index in [4.69, 9.17) is 13.9 Å². The van der Waals surface area contributed by atoms with Crippen molar-refractivity contribution in [1.29, 1.82) is 0 Å². The molecule has 158 valence electrons. The number of aliphatic hydroxyl groups excluding tert-OH is 1. The summed E-state index contributed by atoms with van der Waals surface area (Å²) < 4.78 is 16.8. The molecule has 0 bridgehead atoms. The molecule has 0 aliphatic rings. The Morgan fingerprint density at radius 2 is 1.87 bits per heavy atom. The molecular formula is C24H27NO5. The summed E-state index contributed by atoms with van der Waals surface area (Å²) in [6.07, 6.45) is 1.69. The number of ether oxygens (including phenoxy) is 2. The van der Waals surface area contributed by atoms with Crippen LogP contribution in [0.3, 0.4) is 0 Å². The number of furan rings is 1. The van der Waals surface area contributed by atoms with Crippen molar-refractivity contribution in [3.8, 4) is 11.5 Å². The Labute approximate surface area is 176 Å². The van der Waals surface area contributed by atoms with Crippen LogP contribution in [0.15, 0.2) is 71.3 Å². The number of rotatable bonds is 12. The first-order valence-electron chi connectivity index (χ1n) is 9.99. The molecule has 1 atom stereocenters. The molecular weight excluding hydrogens is 382 g/mol. The summed E-state index contributed by atoms with van der Waals surface area (Å²) >= 11 is 0. The van der Waals surface area contributed by atoms with E-state index < -0.39 is 6.10 Å². The molecule has 6 heteroatoms. The summed E-state index contributed by atoms with van der Waals surface area (Å²) in [6.45, 7) is 4.08. The van der Waals surface area contributed by atoms with Gasteiger partial charge in [-0.3, -0.25) is 9.69 Å². The van der Waals surface area contributed by atoms with Crippen LogP contribution in [0, 0.1) is 0 Å². The lowest BCUT2D eigenvalue weighted by atomic mass is 10.2. The molecule has 6 nitrogen and oxygen atoms in total. The van der Waals surface area contributed by atoms with Gasteiger partial charge in [0.15, 0.2) is 11.5 Å². The van der Waals surface area contributed by atoms with Crippen molar-refractivity contribution >= 4 is 6.29 Å². The zero-order valence-electron chi connectivity index (χ0n) is 17.1. The highest BCUT2D eigenvalue weighted by molar-refractivity contribution is 5.76. The third-order valence-electron chi connectivity index (χ3n) is 4.51. The highest BCUT2D eigenvalue weighted by atomic mass is 16.5. The predicted octanol–water partition coefficient (Wildman–Crippen LogP) is 3.93. The highest BCUT2D eigenvalue weighted by Crippen LogP contribution is 2.28. The minimum Gasteiger partial charge on any atom is -0.490 e. The molecule has 0 spiro atoms. The Morgan fingerprint density at radius 3 is 2.57 bits per heavy atom. The van der Waals surface area contributed by atoms with E-state index in [-0.39, 0.29) is 6.61 Å². The van der Waals surface area contributed by atoms with Crippen LogP contribution >= 0.6 is 0 Å². The van der Waals surface area contributed by atoms with Crippen molar-refractivity contribution in [2.45, 2.75) is 26.1 Å². The summed E-state index contributed by atoms with van der Waals surface area (Å²) in [7, 11) is 0. The van der Waals surface area contributed by atoms with Gasteiger partial charge < -0.3 is 19.0 Å². The fourth-order valence-corrected chi connectivity index (χ4v) is 3.17. The Balaban J connectivity index is 1.62. The van der Waals surface area contributed by atoms with Gasteiger partial charge in [-0.25, -0.2) is 0 Å². The zero-order chi connectivity index (χ0) is 21.2. The van der Waals surface area contributed by atoms with Crippen molar-refractivity contribution < 1.29 is 23.8 Å². The lowest BCUT2D eigenvalue weighted by Crippen LogP contribution is -2.35. The van der Waals surface area contributed by atoms with Crippen molar-refractivity contribution in [2.75, 3.05) is 19.8 Å². The number of hydrogen-bond acceptors (Lipinski definition) is 6. The van der Waals surface area contributed by atoms with Gasteiger partial charge in [-0.15, -0.1) is 0 Å². The van der Waals surface area contributed by atoms with Gasteiger partial charge in [0.25, 0.3) is 0 Å². The molecule has 3 aromatic rings. The van der Waals surface area contributed by atoms with Crippen LogP contribution in [-0.4, -0.2) is 42.2 Å². The number of nitrogens with zero attached hydrogens (tertiary/aromatic N) is 1. The smallest absolute Gasteiger partial charge is 0.161 e. The van der Waals surface area contributed by atoms with Crippen molar-refractivity contribution in [3.63, 3.8) is 0 Å². The van der Waals surface area contributed by atoms with Crippen LogP contribution in [0.2, 0.25) is 0 Å². The Kier molecular flexibility index (Phi) is 8.06. The maximum Gasteiger partial charge on any atom is 0.161 e. The molecule has 0 aliphatic carbocycles. The average molecular weight is 409 g/mol. The topological polar surface area (TPSA) is 72.1 Å². The molecule has 0 radical (unpaired) electrons. The van der Waals surface area contributed by atoms with E-state index >= 15 is 0 Å². The number of aliphatic hydroxyl groups is 1. The van der Waals surface area contributed by atoms with Gasteiger partial charge in [0, 0.05) is 18.7 Å². The van der Waals surface area contributed by atoms with Crippen LogP contribution in [0.4, 0.5) is 0 Å². The molecule has 0 saturated heterocycles. The normalized spacial score (nSPS) is 12.0. The average Bonchev–Trinajstić information content (AvgIpc) is 3.26. The summed E-state index contributed by atoms with van der Waals surface area (Å²) in [5, 5.41) is 10.6. The largest absolute Gasteiger partial charge is 0.490 e. The number of hydrogen-bond donors (Lipinski definition) is 1. The van der Waals surface area contributed by atoms with Gasteiger partial charge >= 0.3 is 0 Å². The van der Waals surface area contributed by atoms with E-state index in [1.54, 1.807) is 24.5 Å². The van der Waals surface area contributed by atoms with E-state index in [0.29, 0.717) is 43.3 Å². The minimum absolute atomic E-state index is 0.101. The van der Waals surface area contributed by atoms with Crippen LogP contribution in [0.1, 0.15) is 28.6 Å². The molecule has 2 aromatic carbocycles. The quantitative estimate of drug-likeness (QED) is 0.457. The summed E-state index contributed by atoms with van der Waals surface area (Å²) in [5.41, 5.74) is 1.67. The van der Waals surface area contributed by atoms with Crippen molar-refractivity contribution in [1.82, 2.24) is 4.90 Å². The summed E-state index contributed by atoms with van der Waals surface area (Å²) in [5.74, 6) is 1.83. The monoisotopic (exact) mass is 409 g/mol. The van der Waals surface area contributed by atoms with Gasteiger partial charge in [0.2, 0.25) is 0 Å². The maximum atomic E-state index is 11.0. The van der Waals surface area contributed by atoms with Crippen LogP contribution < -0.4 is 9.47 Å². The SMILES string of the molecule is CCOc1cc(C=O)ccc1OCC(O)CN(Cc1ccccc1)Cc1ccco1. The molecule has 0 saturated carbocycles. The van der Waals surface area contributed by atoms with Crippen LogP contribution in [0.25, 0.3) is 0 Å². The standard InChI is InChI=1S/C24H27NO5/c1-2-28-24-13-20(17-26)10-11-23(24)30-18-21(27)15-25(16-22-9-6-12-29-22)14-19-7-4-3-5-8-19/h3-13,17,21,27H,2,14-16,18H2,1H3. The summed E-state index contributed by atoms with van der Waals surface area (Å²) in [4.78, 5) is 13.1. The van der Waals surface area contributed by atoms with Crippen molar-refractivity contribution in [2.24, 2.45) is 0 Å². The molecule has 1 N–H and O–H groups in total. The predicted molar refractivity (Wildman–Crippen MR) is 114 cm³/mol. The van der Waals surface area contributed by atoms with Gasteiger partial charge in [-0.1, -0.05) is 30.3 Å². The van der Waals surface area contributed by atoms with E-state index in [1.807, 2.05) is 37.3 Å². The second kappa shape index (κ2) is 11.2. The highest BCUT2D eigenvalue weighted by Gasteiger charge is 2.16. The lowest BCUT2D eigenvalue weighted by molar-refractivity contribution is 0.0593. The lowest BCUT2D eigenvalue weighted by Gasteiger charge is -2.24. The number of carbonyl (C=O) groups excluding carboxylic acids is 1. The molecule has 0 fully saturated rings. The third kappa shape index (κ3) is 6.47. The summed E-state index contributed by atoms with van der Waals surface area (Å²) in [6, 6.07) is 18.9. The fraction of sp³-hybridized carbons (Fsp3) is 0.292. The maximum absolute atomic E-state index is 11.0. The molecule has 1 aromatic heterocycles. The van der Waals surface area contributed by atoms with Crippen LogP contribution in [0.5, 0.6) is 11.5 Å². The Hall–Kier alpha value is -3.09. The molecule has 30 heavy (non-hydrogen) atoms. The molecule has 1 unspecified atom stereocenters. The van der Waals surface area contributed by atoms with Gasteiger partial charge in [-0.2, -0.15) is 0 Å². The van der Waals surface area contributed by atoms with E-state index in [1.165, 1.54) is 0 Å². The number of carbonyl (C=O) groups is 1. The first-order valence-corrected chi connectivity index (χ1v) is 9.99. The fourth-order valence-electron chi connectivity index (χ4n) is 3.17. The third-order valence-corrected chi connectivity index (χ3v) is 4.51. The Bertz CT molecular complexity index is 895. The van der Waals surface area contributed by atoms with E-state index in [2.05, 4.69) is 17.0 Å². The second-order valence-corrected chi connectivity index (χ2v) is 6.96. The van der Waals surface area contributed by atoms with Gasteiger partial charge in [0.1, 0.15) is 24.8 Å². The first kappa shape index (κ1) is 21.6. The zero-order valence-corrected chi connectivity index (χ0v) is 17.1. The van der Waals surface area contributed by atoms with E-state index in [9.17, 15) is 9.90 Å². The molecule has 0 amide bonds. The second-order valence-electron chi connectivity index (χ2n) is 6.96. The Morgan fingerprint density at radius 1 is 1.03 bits per heavy atom. The molecule has 1 heterocycles. The molecule has 3 rings (SSSR count). The molecule has 0 aliphatic heterocycles. The van der Waals surface area contributed by atoms with E-state index in [0.717, 1.165) is 17.6 Å². The number of aldehydes is 1. The van der Waals surface area contributed by atoms with Crippen LogP contribution in [-0.2, 0) is 13.1 Å². The van der Waals surface area contributed by atoms with Gasteiger partial charge in [-0.05, 0) is 42.8 Å². The van der Waals surface area contributed by atoms with Crippen molar-refractivity contribution in [3.05, 3.63) is 83.8 Å². The van der Waals surface area contributed by atoms with Gasteiger partial charge in [0.05, 0.1) is 19.4 Å².